The average molecular weight is 429 g/mol. The van der Waals surface area contributed by atoms with Gasteiger partial charge in [0.2, 0.25) is 0 Å². The van der Waals surface area contributed by atoms with Crippen LogP contribution in [0.5, 0.6) is 0 Å². The zero-order chi connectivity index (χ0) is 20.1. The van der Waals surface area contributed by atoms with Crippen LogP contribution >= 0.6 is 36.2 Å². The molecule has 140 valence electrons. The predicted octanol–water partition coefficient (Wildman–Crippen LogP) is 7.37. The summed E-state index contributed by atoms with van der Waals surface area (Å²) in [5.41, 5.74) is 4.26. The molecule has 0 saturated carbocycles. The highest BCUT2D eigenvalue weighted by Crippen LogP contribution is 2.35. The first-order chi connectivity index (χ1) is 14.2. The van der Waals surface area contributed by atoms with Gasteiger partial charge in [-0.15, -0.1) is 0 Å². The van der Waals surface area contributed by atoms with Crippen molar-refractivity contribution in [1.82, 2.24) is 0 Å². The van der Waals surface area contributed by atoms with Gasteiger partial charge in [0.15, 0.2) is 0 Å². The molecule has 4 rings (SSSR count). The van der Waals surface area contributed by atoms with Crippen LogP contribution in [-0.4, -0.2) is 9.73 Å². The van der Waals surface area contributed by atoms with E-state index in [0.717, 1.165) is 41.8 Å². The topological polar surface area (TPSA) is 0 Å². The van der Waals surface area contributed by atoms with E-state index in [4.69, 9.17) is 24.4 Å². The summed E-state index contributed by atoms with van der Waals surface area (Å²) in [5, 5.41) is 0. The standard InChI is InChI=1S/C26H18S3/c27-25(19-11-3-1-4-12-19)21-15-7-9-17-23(21)29-24-18-10-8-16-22(24)26(28)20-13-5-2-6-14-20/h1-18H/i19+1,20+1. The van der Waals surface area contributed by atoms with Crippen LogP contribution in [0.2, 0.25) is 0 Å². The van der Waals surface area contributed by atoms with Crippen molar-refractivity contribution in [3.05, 3.63) is 131 Å². The molecule has 0 aliphatic carbocycles. The molecule has 4 aromatic rings. The third kappa shape index (κ3) is 4.54. The van der Waals surface area contributed by atoms with Gasteiger partial charge in [0.1, 0.15) is 0 Å². The second-order valence-corrected chi connectivity index (χ2v) is 8.38. The van der Waals surface area contributed by atoms with Gasteiger partial charge in [-0.05, 0) is 23.3 Å². The molecule has 0 aliphatic heterocycles. The van der Waals surface area contributed by atoms with E-state index in [1.165, 1.54) is 0 Å². The smallest absolute Gasteiger partial charge is 0.0533 e. The average Bonchev–Trinajstić information content (AvgIpc) is 2.80. The highest BCUT2D eigenvalue weighted by molar-refractivity contribution is 7.99. The van der Waals surface area contributed by atoms with Crippen LogP contribution in [-0.2, 0) is 0 Å². The van der Waals surface area contributed by atoms with Crippen molar-refractivity contribution in [2.45, 2.75) is 9.79 Å². The third-order valence-electron chi connectivity index (χ3n) is 4.56. The Morgan fingerprint density at radius 3 is 1.21 bits per heavy atom. The second kappa shape index (κ2) is 9.27. The monoisotopic (exact) mass is 428 g/mol. The molecule has 0 saturated heterocycles. The summed E-state index contributed by atoms with van der Waals surface area (Å²) in [5.74, 6) is 0. The molecule has 0 unspecified atom stereocenters. The molecule has 0 radical (unpaired) electrons. The first-order valence-electron chi connectivity index (χ1n) is 9.29. The van der Waals surface area contributed by atoms with E-state index in [2.05, 4.69) is 60.7 Å². The maximum atomic E-state index is 5.81. The Morgan fingerprint density at radius 1 is 0.448 bits per heavy atom. The Labute approximate surface area is 186 Å². The van der Waals surface area contributed by atoms with Crippen LogP contribution < -0.4 is 0 Å². The van der Waals surface area contributed by atoms with Gasteiger partial charge in [-0.3, -0.25) is 0 Å². The van der Waals surface area contributed by atoms with E-state index in [1.54, 1.807) is 11.8 Å². The summed E-state index contributed by atoms with van der Waals surface area (Å²) in [6.45, 7) is 0. The van der Waals surface area contributed by atoms with Gasteiger partial charge < -0.3 is 0 Å². The lowest BCUT2D eigenvalue weighted by atomic mass is 10.2. The fraction of sp³-hybridized carbons (Fsp3) is 0. The van der Waals surface area contributed by atoms with Crippen LogP contribution in [0.3, 0.4) is 0 Å². The fourth-order valence-corrected chi connectivity index (χ4v) is 4.94. The molecule has 29 heavy (non-hydrogen) atoms. The number of benzene rings is 4. The Bertz CT molecular complexity index is 1060. The number of thiocarbonyl (C=S) groups is 2. The van der Waals surface area contributed by atoms with Crippen molar-refractivity contribution in [2.75, 3.05) is 0 Å². The van der Waals surface area contributed by atoms with Gasteiger partial charge in [-0.25, -0.2) is 0 Å². The lowest BCUT2D eigenvalue weighted by molar-refractivity contribution is 1.37. The van der Waals surface area contributed by atoms with Crippen molar-refractivity contribution < 1.29 is 0 Å². The lowest BCUT2D eigenvalue weighted by Crippen LogP contribution is -2.03. The maximum Gasteiger partial charge on any atom is 0.0533 e. The maximum absolute atomic E-state index is 5.81. The molecule has 0 N–H and O–H groups in total. The molecule has 3 heteroatoms. The van der Waals surface area contributed by atoms with Crippen LogP contribution in [0.1, 0.15) is 22.3 Å². The normalized spacial score (nSPS) is 10.5. The molecule has 0 heterocycles. The molecule has 0 fully saturated rings. The van der Waals surface area contributed by atoms with Gasteiger partial charge in [0.25, 0.3) is 0 Å². The minimum Gasteiger partial charge on any atom is -0.0887 e. The molecule has 0 aliphatic rings. The van der Waals surface area contributed by atoms with Crippen molar-refractivity contribution in [3.63, 3.8) is 0 Å². The highest BCUT2D eigenvalue weighted by atomic mass is 32.2. The molecular weight excluding hydrogens is 410 g/mol. The van der Waals surface area contributed by atoms with Gasteiger partial charge >= 0.3 is 0 Å². The number of hydrogen-bond donors (Lipinski definition) is 0. The van der Waals surface area contributed by atoms with E-state index in [9.17, 15) is 0 Å². The summed E-state index contributed by atoms with van der Waals surface area (Å²) in [6.07, 6.45) is 0. The van der Waals surface area contributed by atoms with Crippen LogP contribution in [0.4, 0.5) is 0 Å². The molecule has 0 spiro atoms. The van der Waals surface area contributed by atoms with Crippen molar-refractivity contribution >= 4 is 45.9 Å². The zero-order valence-electron chi connectivity index (χ0n) is 15.6. The molecule has 0 aromatic heterocycles. The van der Waals surface area contributed by atoms with E-state index in [-0.39, 0.29) is 0 Å². The van der Waals surface area contributed by atoms with E-state index in [0.29, 0.717) is 0 Å². The summed E-state index contributed by atoms with van der Waals surface area (Å²) < 4.78 is 0. The van der Waals surface area contributed by atoms with Crippen molar-refractivity contribution in [3.8, 4) is 0 Å². The van der Waals surface area contributed by atoms with E-state index in [1.807, 2.05) is 48.5 Å². The van der Waals surface area contributed by atoms with Gasteiger partial charge in [0.05, 0.1) is 9.73 Å². The zero-order valence-corrected chi connectivity index (χ0v) is 18.1. The number of hydrogen-bond acceptors (Lipinski definition) is 3. The second-order valence-electron chi connectivity index (χ2n) is 6.48. The van der Waals surface area contributed by atoms with Crippen molar-refractivity contribution in [1.29, 1.82) is 0 Å². The minimum absolute atomic E-state index is 0.858. The lowest BCUT2D eigenvalue weighted by Gasteiger charge is -2.14. The van der Waals surface area contributed by atoms with Gasteiger partial charge in [0, 0.05) is 20.9 Å². The minimum atomic E-state index is 0.858. The Hall–Kier alpha value is -2.59. The van der Waals surface area contributed by atoms with Crippen molar-refractivity contribution in [2.24, 2.45) is 0 Å². The molecule has 0 atom stereocenters. The summed E-state index contributed by atoms with van der Waals surface area (Å²) in [7, 11) is 0. The highest BCUT2D eigenvalue weighted by Gasteiger charge is 2.14. The fourth-order valence-electron chi connectivity index (χ4n) is 3.09. The molecule has 0 nitrogen and oxygen atoms in total. The first-order valence-corrected chi connectivity index (χ1v) is 10.9. The molecule has 0 bridgehead atoms. The Kier molecular flexibility index (Phi) is 6.30. The molecule has 4 aromatic carbocycles. The molecular formula is C26H18S3. The first kappa shape index (κ1) is 19.7. The molecule has 0 amide bonds. The SMILES string of the molecule is S=C(c1ccccc1Sc1ccccc1C(=S)[13c]1ccccc1)[13c]1ccccc1. The third-order valence-corrected chi connectivity index (χ3v) is 6.62. The predicted molar refractivity (Wildman–Crippen MR) is 131 cm³/mol. The van der Waals surface area contributed by atoms with Crippen LogP contribution in [0.25, 0.3) is 0 Å². The Balaban J connectivity index is 1.70. The Morgan fingerprint density at radius 2 is 0.793 bits per heavy atom. The van der Waals surface area contributed by atoms with Crippen LogP contribution in [0.15, 0.2) is 119 Å². The van der Waals surface area contributed by atoms with E-state index < -0.39 is 0 Å². The van der Waals surface area contributed by atoms with Crippen LogP contribution in [0, 0.1) is 0 Å². The summed E-state index contributed by atoms with van der Waals surface area (Å²) in [4.78, 5) is 3.97. The quantitative estimate of drug-likeness (QED) is 0.232. The van der Waals surface area contributed by atoms with Gasteiger partial charge in [-0.2, -0.15) is 0 Å². The summed E-state index contributed by atoms with van der Waals surface area (Å²) in [6, 6.07) is 36.9. The van der Waals surface area contributed by atoms with E-state index >= 15 is 0 Å². The summed E-state index contributed by atoms with van der Waals surface area (Å²) >= 11 is 13.3. The van der Waals surface area contributed by atoms with Gasteiger partial charge in [-0.1, -0.05) is 133 Å². The largest absolute Gasteiger partial charge is 0.0887 e. The number of rotatable bonds is 6.